The van der Waals surface area contributed by atoms with E-state index in [1.807, 2.05) is 6.20 Å². The SMILES string of the molecule is COC1(C)CC(NCc2cnc[nH]2)C1(C)C. The van der Waals surface area contributed by atoms with Gasteiger partial charge >= 0.3 is 0 Å². The van der Waals surface area contributed by atoms with E-state index in [-0.39, 0.29) is 11.0 Å². The summed E-state index contributed by atoms with van der Waals surface area (Å²) in [6.07, 6.45) is 4.63. The summed E-state index contributed by atoms with van der Waals surface area (Å²) in [4.78, 5) is 7.10. The predicted molar refractivity (Wildman–Crippen MR) is 63.0 cm³/mol. The maximum Gasteiger partial charge on any atom is 0.0922 e. The second-order valence-corrected chi connectivity index (χ2v) is 5.37. The zero-order valence-corrected chi connectivity index (χ0v) is 10.5. The molecule has 1 fully saturated rings. The Kier molecular flexibility index (Phi) is 2.80. The topological polar surface area (TPSA) is 49.9 Å². The first-order chi connectivity index (χ1) is 7.49. The number of aromatic nitrogens is 2. The Hall–Kier alpha value is -0.870. The molecule has 2 N–H and O–H groups in total. The van der Waals surface area contributed by atoms with Crippen molar-refractivity contribution in [3.63, 3.8) is 0 Å². The minimum absolute atomic E-state index is 0.00134. The molecule has 2 unspecified atom stereocenters. The molecule has 1 aromatic heterocycles. The molecule has 0 radical (unpaired) electrons. The molecule has 0 aliphatic heterocycles. The number of H-pyrrole nitrogens is 1. The van der Waals surface area contributed by atoms with Gasteiger partial charge in [-0.3, -0.25) is 0 Å². The van der Waals surface area contributed by atoms with Crippen LogP contribution in [0.2, 0.25) is 0 Å². The first-order valence-corrected chi connectivity index (χ1v) is 5.75. The standard InChI is InChI=1S/C12H21N3O/c1-11(2)10(5-12(11,3)16-4)14-7-9-6-13-8-15-9/h6,8,10,14H,5,7H2,1-4H3,(H,13,15). The van der Waals surface area contributed by atoms with Crippen LogP contribution in [0.1, 0.15) is 32.9 Å². The number of rotatable bonds is 4. The van der Waals surface area contributed by atoms with Gasteiger partial charge in [0.1, 0.15) is 0 Å². The van der Waals surface area contributed by atoms with Crippen molar-refractivity contribution >= 4 is 0 Å². The van der Waals surface area contributed by atoms with E-state index in [1.165, 1.54) is 0 Å². The second-order valence-electron chi connectivity index (χ2n) is 5.37. The number of imidazole rings is 1. The van der Waals surface area contributed by atoms with Crippen LogP contribution in [0.4, 0.5) is 0 Å². The van der Waals surface area contributed by atoms with Crippen molar-refractivity contribution in [3.05, 3.63) is 18.2 Å². The average Bonchev–Trinajstić information content (AvgIpc) is 2.76. The molecule has 0 aromatic carbocycles. The number of methoxy groups -OCH3 is 1. The van der Waals surface area contributed by atoms with E-state index >= 15 is 0 Å². The second kappa shape index (κ2) is 3.86. The fraction of sp³-hybridized carbons (Fsp3) is 0.750. The molecule has 16 heavy (non-hydrogen) atoms. The predicted octanol–water partition coefficient (Wildman–Crippen LogP) is 1.70. The first-order valence-electron chi connectivity index (χ1n) is 5.75. The highest BCUT2D eigenvalue weighted by atomic mass is 16.5. The van der Waals surface area contributed by atoms with Crippen LogP contribution in [0.15, 0.2) is 12.5 Å². The van der Waals surface area contributed by atoms with E-state index in [4.69, 9.17) is 4.74 Å². The maximum absolute atomic E-state index is 5.60. The van der Waals surface area contributed by atoms with Gasteiger partial charge in [0.05, 0.1) is 11.9 Å². The summed E-state index contributed by atoms with van der Waals surface area (Å²) in [6.45, 7) is 7.53. The number of nitrogens with one attached hydrogen (secondary N) is 2. The fourth-order valence-electron chi connectivity index (χ4n) is 2.43. The number of aromatic amines is 1. The van der Waals surface area contributed by atoms with E-state index in [2.05, 4.69) is 36.1 Å². The van der Waals surface area contributed by atoms with Crippen molar-refractivity contribution in [3.8, 4) is 0 Å². The van der Waals surface area contributed by atoms with Gasteiger partial charge in [-0.15, -0.1) is 0 Å². The van der Waals surface area contributed by atoms with Gasteiger partial charge in [0.25, 0.3) is 0 Å². The molecule has 1 aliphatic rings. The van der Waals surface area contributed by atoms with Crippen molar-refractivity contribution in [2.75, 3.05) is 7.11 Å². The Balaban J connectivity index is 1.90. The maximum atomic E-state index is 5.60. The quantitative estimate of drug-likeness (QED) is 0.817. The van der Waals surface area contributed by atoms with Crippen molar-refractivity contribution < 1.29 is 4.74 Å². The molecule has 1 saturated carbocycles. The first kappa shape index (κ1) is 11.6. The lowest BCUT2D eigenvalue weighted by atomic mass is 9.56. The molecular weight excluding hydrogens is 202 g/mol. The lowest BCUT2D eigenvalue weighted by Gasteiger charge is -2.59. The van der Waals surface area contributed by atoms with Gasteiger partial charge in [-0.25, -0.2) is 4.98 Å². The third-order valence-electron chi connectivity index (χ3n) is 4.37. The molecule has 90 valence electrons. The van der Waals surface area contributed by atoms with E-state index in [0.29, 0.717) is 6.04 Å². The number of nitrogens with zero attached hydrogens (tertiary/aromatic N) is 1. The van der Waals surface area contributed by atoms with E-state index < -0.39 is 0 Å². The van der Waals surface area contributed by atoms with Gasteiger partial charge in [0.2, 0.25) is 0 Å². The summed E-state index contributed by atoms with van der Waals surface area (Å²) in [7, 11) is 1.80. The molecule has 0 spiro atoms. The summed E-state index contributed by atoms with van der Waals surface area (Å²) in [6, 6.07) is 0.501. The Morgan fingerprint density at radius 1 is 1.56 bits per heavy atom. The van der Waals surface area contributed by atoms with Crippen LogP contribution in [0.5, 0.6) is 0 Å². The molecule has 0 bridgehead atoms. The highest BCUT2D eigenvalue weighted by Crippen LogP contribution is 2.51. The lowest BCUT2D eigenvalue weighted by Crippen LogP contribution is -2.67. The van der Waals surface area contributed by atoms with Crippen LogP contribution in [0, 0.1) is 5.41 Å². The lowest BCUT2D eigenvalue weighted by molar-refractivity contribution is -0.180. The number of ether oxygens (including phenoxy) is 1. The van der Waals surface area contributed by atoms with Crippen molar-refractivity contribution in [2.24, 2.45) is 5.41 Å². The van der Waals surface area contributed by atoms with Crippen LogP contribution in [-0.2, 0) is 11.3 Å². The Morgan fingerprint density at radius 3 is 2.81 bits per heavy atom. The van der Waals surface area contributed by atoms with Gasteiger partial charge in [0, 0.05) is 37.0 Å². The minimum atomic E-state index is -0.00134. The van der Waals surface area contributed by atoms with Crippen LogP contribution in [0.3, 0.4) is 0 Å². The molecule has 2 rings (SSSR count). The van der Waals surface area contributed by atoms with Crippen LogP contribution >= 0.6 is 0 Å². The molecule has 1 heterocycles. The zero-order valence-electron chi connectivity index (χ0n) is 10.5. The van der Waals surface area contributed by atoms with Crippen LogP contribution < -0.4 is 5.32 Å². The highest BCUT2D eigenvalue weighted by Gasteiger charge is 2.57. The van der Waals surface area contributed by atoms with Gasteiger partial charge < -0.3 is 15.0 Å². The summed E-state index contributed by atoms with van der Waals surface area (Å²) >= 11 is 0. The Morgan fingerprint density at radius 2 is 2.31 bits per heavy atom. The smallest absolute Gasteiger partial charge is 0.0922 e. The Labute approximate surface area is 96.8 Å². The summed E-state index contributed by atoms with van der Waals surface area (Å²) in [5, 5.41) is 3.55. The molecule has 0 saturated heterocycles. The summed E-state index contributed by atoms with van der Waals surface area (Å²) < 4.78 is 5.60. The third kappa shape index (κ3) is 1.66. The Bertz CT molecular complexity index is 347. The van der Waals surface area contributed by atoms with Crippen molar-refractivity contribution in [1.82, 2.24) is 15.3 Å². The van der Waals surface area contributed by atoms with Crippen LogP contribution in [0.25, 0.3) is 0 Å². The molecule has 0 amide bonds. The molecule has 2 atom stereocenters. The van der Waals surface area contributed by atoms with Gasteiger partial charge in [0.15, 0.2) is 0 Å². The van der Waals surface area contributed by atoms with Gasteiger partial charge in [-0.1, -0.05) is 13.8 Å². The van der Waals surface area contributed by atoms with Crippen LogP contribution in [-0.4, -0.2) is 28.7 Å². The largest absolute Gasteiger partial charge is 0.378 e. The molecule has 4 heteroatoms. The monoisotopic (exact) mass is 223 g/mol. The molecular formula is C12H21N3O. The minimum Gasteiger partial charge on any atom is -0.378 e. The van der Waals surface area contributed by atoms with Gasteiger partial charge in [-0.2, -0.15) is 0 Å². The van der Waals surface area contributed by atoms with Crippen molar-refractivity contribution in [2.45, 2.75) is 45.4 Å². The van der Waals surface area contributed by atoms with E-state index in [9.17, 15) is 0 Å². The fourth-order valence-corrected chi connectivity index (χ4v) is 2.43. The summed E-state index contributed by atoms with van der Waals surface area (Å²) in [5.41, 5.74) is 1.29. The molecule has 1 aliphatic carbocycles. The van der Waals surface area contributed by atoms with E-state index in [1.54, 1.807) is 13.4 Å². The van der Waals surface area contributed by atoms with Crippen molar-refractivity contribution in [1.29, 1.82) is 0 Å². The molecule has 1 aromatic rings. The average molecular weight is 223 g/mol. The van der Waals surface area contributed by atoms with Gasteiger partial charge in [-0.05, 0) is 13.3 Å². The summed E-state index contributed by atoms with van der Waals surface area (Å²) in [5.74, 6) is 0. The van der Waals surface area contributed by atoms with E-state index in [0.717, 1.165) is 18.7 Å². The third-order valence-corrected chi connectivity index (χ3v) is 4.37. The number of hydrogen-bond acceptors (Lipinski definition) is 3. The highest BCUT2D eigenvalue weighted by molar-refractivity contribution is 5.12. The normalized spacial score (nSPS) is 32.4. The molecule has 4 nitrogen and oxygen atoms in total. The zero-order chi connectivity index (χ0) is 11.8. The number of hydrogen-bond donors (Lipinski definition) is 2.